The second-order valence-electron chi connectivity index (χ2n) is 11.2. The largest absolute Gasteiger partial charge is 0.308 e. The molecular weight excluding hydrogens is 520 g/mol. The fraction of sp³-hybridized carbons (Fsp3) is 0. The minimum atomic E-state index is 0.668. The fourth-order valence-electron chi connectivity index (χ4n) is 7.15. The molecule has 0 radical (unpaired) electrons. The molecule has 0 saturated heterocycles. The van der Waals surface area contributed by atoms with Gasteiger partial charge in [0.15, 0.2) is 0 Å². The molecule has 0 aliphatic heterocycles. The highest BCUT2D eigenvalue weighted by atomic mass is 15.0. The van der Waals surface area contributed by atoms with Gasteiger partial charge in [0.1, 0.15) is 0 Å². The molecule has 43 heavy (non-hydrogen) atoms. The maximum Gasteiger partial charge on any atom is 0.0991 e. The van der Waals surface area contributed by atoms with E-state index in [0.29, 0.717) is 5.56 Å². The standard InChI is InChI=1S/C41H24N2/c42-25-26-17-19-28(20-18-26)29-23-24-38(32-12-4-3-11-31(29)32)43-37-16-8-7-15-35(37)40-36-22-21-27-9-1-2-10-30(27)39(36)33-13-5-6-14-34(33)41(40)43/h1-24H. The first-order valence-electron chi connectivity index (χ1n) is 14.6. The van der Waals surface area contributed by atoms with Gasteiger partial charge in [-0.25, -0.2) is 0 Å². The first-order valence-corrected chi connectivity index (χ1v) is 14.6. The van der Waals surface area contributed by atoms with Gasteiger partial charge in [0.05, 0.1) is 28.4 Å². The van der Waals surface area contributed by atoms with E-state index in [9.17, 15) is 5.26 Å². The molecule has 8 aromatic carbocycles. The zero-order chi connectivity index (χ0) is 28.5. The van der Waals surface area contributed by atoms with Gasteiger partial charge in [0, 0.05) is 21.5 Å². The lowest BCUT2D eigenvalue weighted by Gasteiger charge is -2.17. The Balaban J connectivity index is 1.47. The summed E-state index contributed by atoms with van der Waals surface area (Å²) in [5.74, 6) is 0. The quantitative estimate of drug-likeness (QED) is 0.199. The third-order valence-electron chi connectivity index (χ3n) is 8.99. The van der Waals surface area contributed by atoms with Crippen LogP contribution in [0.25, 0.3) is 81.7 Å². The van der Waals surface area contributed by atoms with Crippen molar-refractivity contribution in [3.63, 3.8) is 0 Å². The third-order valence-corrected chi connectivity index (χ3v) is 8.99. The molecule has 0 unspecified atom stereocenters. The molecule has 0 spiro atoms. The topological polar surface area (TPSA) is 28.7 Å². The van der Waals surface area contributed by atoms with Crippen molar-refractivity contribution in [3.8, 4) is 22.9 Å². The van der Waals surface area contributed by atoms with E-state index in [1.165, 1.54) is 64.9 Å². The molecule has 9 rings (SSSR count). The highest BCUT2D eigenvalue weighted by Crippen LogP contribution is 2.45. The third kappa shape index (κ3) is 3.34. The molecule has 0 fully saturated rings. The Labute approximate surface area is 248 Å². The van der Waals surface area contributed by atoms with Crippen LogP contribution in [0.1, 0.15) is 5.56 Å². The molecule has 0 amide bonds. The smallest absolute Gasteiger partial charge is 0.0991 e. The van der Waals surface area contributed by atoms with Gasteiger partial charge in [-0.15, -0.1) is 0 Å². The number of nitriles is 1. The van der Waals surface area contributed by atoms with Crippen LogP contribution in [0.15, 0.2) is 146 Å². The summed E-state index contributed by atoms with van der Waals surface area (Å²) in [7, 11) is 0. The minimum absolute atomic E-state index is 0.668. The lowest BCUT2D eigenvalue weighted by molar-refractivity contribution is 1.20. The Hall–Kier alpha value is -5.91. The van der Waals surface area contributed by atoms with E-state index in [1.807, 2.05) is 24.3 Å². The van der Waals surface area contributed by atoms with Gasteiger partial charge in [-0.1, -0.05) is 121 Å². The van der Waals surface area contributed by atoms with Crippen molar-refractivity contribution in [1.29, 1.82) is 5.26 Å². The number of para-hydroxylation sites is 1. The average molecular weight is 545 g/mol. The van der Waals surface area contributed by atoms with Gasteiger partial charge >= 0.3 is 0 Å². The highest BCUT2D eigenvalue weighted by Gasteiger charge is 2.21. The van der Waals surface area contributed by atoms with Crippen LogP contribution in [0.3, 0.4) is 0 Å². The summed E-state index contributed by atoms with van der Waals surface area (Å²) in [6.07, 6.45) is 0. The molecule has 2 heteroatoms. The fourth-order valence-corrected chi connectivity index (χ4v) is 7.15. The van der Waals surface area contributed by atoms with E-state index >= 15 is 0 Å². The van der Waals surface area contributed by atoms with Gasteiger partial charge in [-0.2, -0.15) is 5.26 Å². The Morgan fingerprint density at radius 3 is 1.88 bits per heavy atom. The second-order valence-corrected chi connectivity index (χ2v) is 11.2. The van der Waals surface area contributed by atoms with Gasteiger partial charge in [-0.05, 0) is 67.7 Å². The van der Waals surface area contributed by atoms with Crippen LogP contribution >= 0.6 is 0 Å². The van der Waals surface area contributed by atoms with Crippen molar-refractivity contribution in [2.75, 3.05) is 0 Å². The van der Waals surface area contributed by atoms with Crippen LogP contribution in [0.2, 0.25) is 0 Å². The zero-order valence-electron chi connectivity index (χ0n) is 23.3. The maximum atomic E-state index is 9.33. The Bertz CT molecular complexity index is 2610. The Kier molecular flexibility index (Phi) is 5.00. The molecule has 0 N–H and O–H groups in total. The molecular formula is C41H24N2. The van der Waals surface area contributed by atoms with E-state index in [4.69, 9.17) is 0 Å². The van der Waals surface area contributed by atoms with Crippen molar-refractivity contribution in [2.45, 2.75) is 0 Å². The second kappa shape index (κ2) is 9.05. The van der Waals surface area contributed by atoms with E-state index in [0.717, 1.165) is 16.8 Å². The normalized spacial score (nSPS) is 11.7. The van der Waals surface area contributed by atoms with Crippen LogP contribution in [0, 0.1) is 11.3 Å². The molecule has 1 heterocycles. The summed E-state index contributed by atoms with van der Waals surface area (Å²) in [5, 5.41) is 21.9. The van der Waals surface area contributed by atoms with E-state index in [2.05, 4.69) is 132 Å². The minimum Gasteiger partial charge on any atom is -0.308 e. The summed E-state index contributed by atoms with van der Waals surface area (Å²) in [6.45, 7) is 0. The SMILES string of the molecule is N#Cc1ccc(-c2ccc(-n3c4ccccc4c4c5ccc6ccccc6c5c5ccccc5c43)c3ccccc23)cc1. The summed E-state index contributed by atoms with van der Waals surface area (Å²) in [6, 6.07) is 54.3. The van der Waals surface area contributed by atoms with Crippen molar-refractivity contribution in [2.24, 2.45) is 0 Å². The first kappa shape index (κ1) is 23.8. The van der Waals surface area contributed by atoms with Gasteiger partial charge < -0.3 is 4.57 Å². The Morgan fingerprint density at radius 2 is 1.09 bits per heavy atom. The zero-order valence-corrected chi connectivity index (χ0v) is 23.3. The predicted molar refractivity (Wildman–Crippen MR) is 181 cm³/mol. The van der Waals surface area contributed by atoms with Crippen molar-refractivity contribution < 1.29 is 0 Å². The van der Waals surface area contributed by atoms with Crippen molar-refractivity contribution in [3.05, 3.63) is 151 Å². The molecule has 198 valence electrons. The molecule has 0 atom stereocenters. The molecule has 0 aliphatic carbocycles. The van der Waals surface area contributed by atoms with Crippen LogP contribution in [0.4, 0.5) is 0 Å². The van der Waals surface area contributed by atoms with Crippen LogP contribution < -0.4 is 0 Å². The van der Waals surface area contributed by atoms with Crippen LogP contribution in [0.5, 0.6) is 0 Å². The summed E-state index contributed by atoms with van der Waals surface area (Å²) < 4.78 is 2.48. The molecule has 2 nitrogen and oxygen atoms in total. The first-order chi connectivity index (χ1) is 21.3. The number of hydrogen-bond donors (Lipinski definition) is 0. The summed E-state index contributed by atoms with van der Waals surface area (Å²) in [4.78, 5) is 0. The highest BCUT2D eigenvalue weighted by molar-refractivity contribution is 6.36. The van der Waals surface area contributed by atoms with Crippen LogP contribution in [-0.4, -0.2) is 4.57 Å². The number of hydrogen-bond acceptors (Lipinski definition) is 1. The van der Waals surface area contributed by atoms with Gasteiger partial charge in [0.2, 0.25) is 0 Å². The van der Waals surface area contributed by atoms with Gasteiger partial charge in [-0.3, -0.25) is 0 Å². The number of fused-ring (bicyclic) bond motifs is 11. The number of aromatic nitrogens is 1. The van der Waals surface area contributed by atoms with E-state index in [1.54, 1.807) is 0 Å². The monoisotopic (exact) mass is 544 g/mol. The maximum absolute atomic E-state index is 9.33. The lowest BCUT2D eigenvalue weighted by Crippen LogP contribution is -1.97. The molecule has 0 bridgehead atoms. The van der Waals surface area contributed by atoms with Gasteiger partial charge in [0.25, 0.3) is 0 Å². The summed E-state index contributed by atoms with van der Waals surface area (Å²) >= 11 is 0. The number of benzene rings is 8. The van der Waals surface area contributed by atoms with Crippen molar-refractivity contribution >= 4 is 64.9 Å². The lowest BCUT2D eigenvalue weighted by atomic mass is 9.92. The Morgan fingerprint density at radius 1 is 0.442 bits per heavy atom. The molecule has 0 saturated carbocycles. The number of rotatable bonds is 2. The molecule has 0 aliphatic rings. The molecule has 9 aromatic rings. The average Bonchev–Trinajstić information content (AvgIpc) is 3.43. The molecule has 1 aromatic heterocycles. The van der Waals surface area contributed by atoms with E-state index in [-0.39, 0.29) is 0 Å². The number of nitrogens with zero attached hydrogens (tertiary/aromatic N) is 2. The van der Waals surface area contributed by atoms with Crippen molar-refractivity contribution in [1.82, 2.24) is 4.57 Å². The predicted octanol–water partition coefficient (Wildman–Crippen LogP) is 10.9. The van der Waals surface area contributed by atoms with Crippen LogP contribution in [-0.2, 0) is 0 Å². The van der Waals surface area contributed by atoms with E-state index < -0.39 is 0 Å². The summed E-state index contributed by atoms with van der Waals surface area (Å²) in [5.41, 5.74) is 6.51.